The molecule has 1 aliphatic rings. The second-order valence-electron chi connectivity index (χ2n) is 10.8. The maximum Gasteiger partial charge on any atom is 0.163 e. The fourth-order valence-electron chi connectivity index (χ4n) is 6.01. The van der Waals surface area contributed by atoms with Gasteiger partial charge in [0.05, 0.1) is 6.10 Å². The van der Waals surface area contributed by atoms with Gasteiger partial charge in [0.2, 0.25) is 0 Å². The van der Waals surface area contributed by atoms with Crippen molar-refractivity contribution in [1.29, 1.82) is 0 Å². The Morgan fingerprint density at radius 2 is 0.950 bits per heavy atom. The van der Waals surface area contributed by atoms with E-state index in [0.29, 0.717) is 11.1 Å². The van der Waals surface area contributed by atoms with Crippen LogP contribution in [0.2, 0.25) is 0 Å². The van der Waals surface area contributed by atoms with Crippen molar-refractivity contribution in [1.82, 2.24) is 0 Å². The minimum absolute atomic E-state index is 0.0794. The van der Waals surface area contributed by atoms with Gasteiger partial charge < -0.3 is 25.2 Å². The molecule has 1 unspecified atom stereocenters. The fourth-order valence-corrected chi connectivity index (χ4v) is 6.38. The number of aliphatic hydroxyl groups is 4. The predicted molar refractivity (Wildman–Crippen MR) is 156 cm³/mol. The summed E-state index contributed by atoms with van der Waals surface area (Å²) in [6.45, 7) is 0. The van der Waals surface area contributed by atoms with Crippen molar-refractivity contribution in [3.63, 3.8) is 0 Å². The van der Waals surface area contributed by atoms with E-state index in [1.165, 1.54) is 0 Å². The molecule has 1 saturated heterocycles. The summed E-state index contributed by atoms with van der Waals surface area (Å²) in [6.07, 6.45) is -2.69. The van der Waals surface area contributed by atoms with Gasteiger partial charge in [-0.3, -0.25) is 0 Å². The van der Waals surface area contributed by atoms with E-state index in [4.69, 9.17) is 16.3 Å². The van der Waals surface area contributed by atoms with Gasteiger partial charge >= 0.3 is 0 Å². The van der Waals surface area contributed by atoms with E-state index in [9.17, 15) is 20.4 Å². The van der Waals surface area contributed by atoms with Gasteiger partial charge in [0, 0.05) is 25.7 Å². The molecule has 0 aromatic heterocycles. The first-order valence-electron chi connectivity index (χ1n) is 13.6. The molecule has 0 saturated carbocycles. The molecule has 4 N–H and O–H groups in total. The highest BCUT2D eigenvalue weighted by Crippen LogP contribution is 2.51. The zero-order chi connectivity index (χ0) is 28.2. The van der Waals surface area contributed by atoms with E-state index in [2.05, 4.69) is 0 Å². The fraction of sp³-hybridized carbons (Fsp3) is 0.294. The molecule has 6 atom stereocenters. The third-order valence-corrected chi connectivity index (χ3v) is 8.58. The molecular formula is C34H35ClO5. The summed E-state index contributed by atoms with van der Waals surface area (Å²) in [5, 5.41) is 49.7. The van der Waals surface area contributed by atoms with Crippen LogP contribution in [0.25, 0.3) is 0 Å². The van der Waals surface area contributed by atoms with Crippen molar-refractivity contribution in [2.75, 3.05) is 0 Å². The van der Waals surface area contributed by atoms with E-state index in [-0.39, 0.29) is 25.7 Å². The lowest BCUT2D eigenvalue weighted by Crippen LogP contribution is -2.82. The van der Waals surface area contributed by atoms with Crippen LogP contribution < -0.4 is 0 Å². The van der Waals surface area contributed by atoms with Crippen LogP contribution >= 0.6 is 11.6 Å². The van der Waals surface area contributed by atoms with Crippen LogP contribution in [0.15, 0.2) is 121 Å². The minimum Gasteiger partial charge on any atom is -0.390 e. The number of benzene rings is 4. The quantitative estimate of drug-likeness (QED) is 0.228. The van der Waals surface area contributed by atoms with Gasteiger partial charge in [0.25, 0.3) is 0 Å². The van der Waals surface area contributed by atoms with Gasteiger partial charge in [-0.2, -0.15) is 0 Å². The third-order valence-electron chi connectivity index (χ3n) is 8.12. The molecule has 4 aromatic rings. The smallest absolute Gasteiger partial charge is 0.163 e. The Hall–Kier alpha value is -3.03. The van der Waals surface area contributed by atoms with Crippen LogP contribution in [0.1, 0.15) is 22.3 Å². The first-order chi connectivity index (χ1) is 19.2. The molecule has 0 radical (unpaired) electrons. The van der Waals surface area contributed by atoms with E-state index in [1.807, 2.05) is 121 Å². The Morgan fingerprint density at radius 1 is 0.575 bits per heavy atom. The summed E-state index contributed by atoms with van der Waals surface area (Å²) >= 11 is 6.84. The first kappa shape index (κ1) is 28.5. The molecule has 0 bridgehead atoms. The molecule has 0 spiro atoms. The highest BCUT2D eigenvalue weighted by molar-refractivity contribution is 6.20. The van der Waals surface area contributed by atoms with E-state index < -0.39 is 34.6 Å². The van der Waals surface area contributed by atoms with Gasteiger partial charge in [-0.15, -0.1) is 0 Å². The Balaban J connectivity index is 1.66. The van der Waals surface area contributed by atoms with Crippen molar-refractivity contribution >= 4 is 11.6 Å². The summed E-state index contributed by atoms with van der Waals surface area (Å²) in [7, 11) is 0. The average molecular weight is 559 g/mol. The van der Waals surface area contributed by atoms with E-state index in [1.54, 1.807) is 0 Å². The highest BCUT2D eigenvalue weighted by Gasteiger charge is 2.72. The van der Waals surface area contributed by atoms with Gasteiger partial charge in [0.15, 0.2) is 5.56 Å². The molecule has 1 fully saturated rings. The van der Waals surface area contributed by atoms with Crippen molar-refractivity contribution in [3.8, 4) is 0 Å². The summed E-state index contributed by atoms with van der Waals surface area (Å²) in [5.74, 6) is 0. The number of aliphatic hydroxyl groups excluding tert-OH is 1. The lowest BCUT2D eigenvalue weighted by atomic mass is 9.59. The van der Waals surface area contributed by atoms with Crippen LogP contribution in [0.5, 0.6) is 0 Å². The van der Waals surface area contributed by atoms with Crippen LogP contribution in [0.3, 0.4) is 0 Å². The summed E-state index contributed by atoms with van der Waals surface area (Å²) in [5.41, 5.74) is -4.98. The largest absolute Gasteiger partial charge is 0.390 e. The lowest BCUT2D eigenvalue weighted by Gasteiger charge is -2.61. The normalized spacial score (nSPS) is 29.1. The second kappa shape index (κ2) is 11.8. The standard InChI is InChI=1S/C34H35ClO5/c35-31-33(38,23-27-17-9-3-10-18-27)34(39,24-28-19-11-4-12-20-28)32(37,22-26-15-7-2-8-16-26)30(40-31)29(36)21-25-13-5-1-6-14-25/h1-20,29-31,36-39H,21-24H2/t29?,30-,31+,32+,33+,34+/m1/s1. The number of ether oxygens (including phenoxy) is 1. The average Bonchev–Trinajstić information content (AvgIpc) is 2.97. The Kier molecular flexibility index (Phi) is 8.43. The van der Waals surface area contributed by atoms with Crippen LogP contribution in [0.4, 0.5) is 0 Å². The van der Waals surface area contributed by atoms with Crippen molar-refractivity contribution in [2.45, 2.75) is 60.3 Å². The van der Waals surface area contributed by atoms with E-state index in [0.717, 1.165) is 11.1 Å². The Bertz CT molecular complexity index is 1360. The van der Waals surface area contributed by atoms with Crippen molar-refractivity contribution in [2.24, 2.45) is 0 Å². The van der Waals surface area contributed by atoms with E-state index >= 15 is 0 Å². The van der Waals surface area contributed by atoms with Crippen molar-refractivity contribution < 1.29 is 25.2 Å². The number of hydrogen-bond acceptors (Lipinski definition) is 5. The third kappa shape index (κ3) is 5.46. The van der Waals surface area contributed by atoms with Gasteiger partial charge in [-0.05, 0) is 22.3 Å². The molecule has 1 heterocycles. The summed E-state index contributed by atoms with van der Waals surface area (Å²) in [6, 6.07) is 37.0. The molecule has 6 heteroatoms. The molecule has 4 aromatic carbocycles. The number of rotatable bonds is 9. The maximum atomic E-state index is 12.9. The lowest BCUT2D eigenvalue weighted by molar-refractivity contribution is -0.351. The topological polar surface area (TPSA) is 90.2 Å². The Morgan fingerprint density at radius 3 is 1.40 bits per heavy atom. The molecule has 1 aliphatic heterocycles. The highest BCUT2D eigenvalue weighted by atomic mass is 35.5. The monoisotopic (exact) mass is 558 g/mol. The molecule has 208 valence electrons. The second-order valence-corrected chi connectivity index (χ2v) is 11.2. The Labute approximate surface area is 240 Å². The minimum atomic E-state index is -2.24. The zero-order valence-corrected chi connectivity index (χ0v) is 22.9. The van der Waals surface area contributed by atoms with Gasteiger partial charge in [-0.25, -0.2) is 0 Å². The molecule has 40 heavy (non-hydrogen) atoms. The van der Waals surface area contributed by atoms with Gasteiger partial charge in [-0.1, -0.05) is 133 Å². The summed E-state index contributed by atoms with van der Waals surface area (Å²) < 4.78 is 6.18. The van der Waals surface area contributed by atoms with Crippen molar-refractivity contribution in [3.05, 3.63) is 144 Å². The summed E-state index contributed by atoms with van der Waals surface area (Å²) in [4.78, 5) is 0. The molecule has 5 rings (SSSR count). The molecule has 0 amide bonds. The number of alkyl halides is 1. The number of hydrogen-bond donors (Lipinski definition) is 4. The number of halogens is 1. The SMILES string of the molecule is OC(Cc1ccccc1)[C@H]1O[C@H](Cl)[C@@](O)(Cc2ccccc2)[C@](O)(Cc2ccccc2)[C@]1(O)Cc1ccccc1. The van der Waals surface area contributed by atoms with Gasteiger partial charge in [0.1, 0.15) is 22.9 Å². The molecule has 0 aliphatic carbocycles. The maximum absolute atomic E-state index is 12.9. The molecular weight excluding hydrogens is 524 g/mol. The zero-order valence-electron chi connectivity index (χ0n) is 22.2. The van der Waals surface area contributed by atoms with Crippen LogP contribution in [-0.2, 0) is 30.4 Å². The first-order valence-corrected chi connectivity index (χ1v) is 14.0. The van der Waals surface area contributed by atoms with Crippen LogP contribution in [0, 0.1) is 0 Å². The van der Waals surface area contributed by atoms with Crippen LogP contribution in [-0.4, -0.2) is 55.0 Å². The molecule has 5 nitrogen and oxygen atoms in total. The predicted octanol–water partition coefficient (Wildman–Crippen LogP) is 4.48.